The van der Waals surface area contributed by atoms with Gasteiger partial charge >= 0.3 is 0 Å². The van der Waals surface area contributed by atoms with Gasteiger partial charge in [0, 0.05) is 6.54 Å². The SMILES string of the molecule is CCn1nc(C)c(Cl)c1COc1c(N)cccc1F. The molecule has 1 aromatic heterocycles. The molecule has 19 heavy (non-hydrogen) atoms. The van der Waals surface area contributed by atoms with Gasteiger partial charge in [-0.3, -0.25) is 4.68 Å². The minimum Gasteiger partial charge on any atom is -0.482 e. The third-order valence-electron chi connectivity index (χ3n) is 2.80. The van der Waals surface area contributed by atoms with Crippen LogP contribution in [0.3, 0.4) is 0 Å². The molecular weight excluding hydrogens is 269 g/mol. The fourth-order valence-electron chi connectivity index (χ4n) is 1.83. The van der Waals surface area contributed by atoms with Crippen molar-refractivity contribution in [2.75, 3.05) is 5.73 Å². The lowest BCUT2D eigenvalue weighted by Crippen LogP contribution is -2.08. The summed E-state index contributed by atoms with van der Waals surface area (Å²) in [6, 6.07) is 4.42. The molecule has 1 heterocycles. The van der Waals surface area contributed by atoms with Gasteiger partial charge in [0.15, 0.2) is 11.6 Å². The van der Waals surface area contributed by atoms with E-state index < -0.39 is 5.82 Å². The maximum absolute atomic E-state index is 13.6. The summed E-state index contributed by atoms with van der Waals surface area (Å²) < 4.78 is 20.8. The van der Waals surface area contributed by atoms with Crippen LogP contribution in [-0.4, -0.2) is 9.78 Å². The lowest BCUT2D eigenvalue weighted by molar-refractivity contribution is 0.280. The number of hydrogen-bond acceptors (Lipinski definition) is 3. The Balaban J connectivity index is 2.24. The zero-order valence-corrected chi connectivity index (χ0v) is 11.5. The van der Waals surface area contributed by atoms with Crippen LogP contribution < -0.4 is 10.5 Å². The molecule has 0 unspecified atom stereocenters. The molecule has 0 bridgehead atoms. The minimum absolute atomic E-state index is 0.0417. The molecule has 0 spiro atoms. The fraction of sp³-hybridized carbons (Fsp3) is 0.308. The smallest absolute Gasteiger partial charge is 0.178 e. The highest BCUT2D eigenvalue weighted by atomic mass is 35.5. The zero-order valence-electron chi connectivity index (χ0n) is 10.8. The largest absolute Gasteiger partial charge is 0.482 e. The van der Waals surface area contributed by atoms with Crippen molar-refractivity contribution in [2.45, 2.75) is 27.0 Å². The van der Waals surface area contributed by atoms with Crippen molar-refractivity contribution in [1.29, 1.82) is 0 Å². The quantitative estimate of drug-likeness (QED) is 0.877. The molecule has 0 radical (unpaired) electrons. The lowest BCUT2D eigenvalue weighted by atomic mass is 10.3. The topological polar surface area (TPSA) is 53.1 Å². The highest BCUT2D eigenvalue weighted by Crippen LogP contribution is 2.27. The molecule has 0 aliphatic carbocycles. The summed E-state index contributed by atoms with van der Waals surface area (Å²) in [6.45, 7) is 4.55. The number of ether oxygens (including phenoxy) is 1. The number of nitrogen functional groups attached to an aromatic ring is 1. The van der Waals surface area contributed by atoms with Crippen LogP contribution in [0.5, 0.6) is 5.75 Å². The predicted octanol–water partition coefficient (Wildman–Crippen LogP) is 3.17. The van der Waals surface area contributed by atoms with Gasteiger partial charge in [0.1, 0.15) is 6.61 Å². The molecule has 2 aromatic rings. The van der Waals surface area contributed by atoms with E-state index in [1.165, 1.54) is 12.1 Å². The van der Waals surface area contributed by atoms with Crippen molar-refractivity contribution >= 4 is 17.3 Å². The van der Waals surface area contributed by atoms with Gasteiger partial charge < -0.3 is 10.5 Å². The van der Waals surface area contributed by atoms with Crippen molar-refractivity contribution in [1.82, 2.24) is 9.78 Å². The molecule has 0 amide bonds. The van der Waals surface area contributed by atoms with E-state index in [0.29, 0.717) is 17.3 Å². The number of nitrogens with zero attached hydrogens (tertiary/aromatic N) is 2. The van der Waals surface area contributed by atoms with Crippen molar-refractivity contribution < 1.29 is 9.13 Å². The van der Waals surface area contributed by atoms with Gasteiger partial charge in [-0.05, 0) is 26.0 Å². The Morgan fingerprint density at radius 3 is 2.84 bits per heavy atom. The van der Waals surface area contributed by atoms with Gasteiger partial charge in [-0.1, -0.05) is 17.7 Å². The molecule has 6 heteroatoms. The van der Waals surface area contributed by atoms with E-state index in [1.54, 1.807) is 10.7 Å². The molecule has 0 aliphatic heterocycles. The molecule has 0 aliphatic rings. The number of aryl methyl sites for hydroxylation is 2. The maximum Gasteiger partial charge on any atom is 0.178 e. The minimum atomic E-state index is -0.490. The van der Waals surface area contributed by atoms with Crippen molar-refractivity contribution in [3.05, 3.63) is 40.4 Å². The van der Waals surface area contributed by atoms with Crippen LogP contribution in [0.25, 0.3) is 0 Å². The van der Waals surface area contributed by atoms with Crippen LogP contribution in [0.2, 0.25) is 5.02 Å². The van der Waals surface area contributed by atoms with E-state index in [-0.39, 0.29) is 18.0 Å². The van der Waals surface area contributed by atoms with Crippen LogP contribution in [0.15, 0.2) is 18.2 Å². The standard InChI is InChI=1S/C13H15ClFN3O/c1-3-18-11(12(14)8(2)17-18)7-19-13-9(15)5-4-6-10(13)16/h4-6H,3,7,16H2,1-2H3. The molecule has 2 rings (SSSR count). The molecule has 4 nitrogen and oxygen atoms in total. The fourth-order valence-corrected chi connectivity index (χ4v) is 2.02. The van der Waals surface area contributed by atoms with Gasteiger partial charge in [-0.25, -0.2) is 4.39 Å². The van der Waals surface area contributed by atoms with Crippen LogP contribution in [-0.2, 0) is 13.2 Å². The Bertz CT molecular complexity index is 578. The summed E-state index contributed by atoms with van der Waals surface area (Å²) in [7, 11) is 0. The Labute approximate surface area is 115 Å². The normalized spacial score (nSPS) is 10.7. The molecule has 2 N–H and O–H groups in total. The van der Waals surface area contributed by atoms with Crippen LogP contribution in [0, 0.1) is 12.7 Å². The zero-order chi connectivity index (χ0) is 14.0. The number of anilines is 1. The lowest BCUT2D eigenvalue weighted by Gasteiger charge is -2.11. The maximum atomic E-state index is 13.6. The van der Waals surface area contributed by atoms with E-state index in [4.69, 9.17) is 22.1 Å². The summed E-state index contributed by atoms with van der Waals surface area (Å²) in [5.41, 5.74) is 7.38. The van der Waals surface area contributed by atoms with Crippen molar-refractivity contribution in [3.63, 3.8) is 0 Å². The second-order valence-electron chi connectivity index (χ2n) is 4.11. The highest BCUT2D eigenvalue weighted by molar-refractivity contribution is 6.31. The van der Waals surface area contributed by atoms with Gasteiger partial charge in [0.05, 0.1) is 22.1 Å². The van der Waals surface area contributed by atoms with Crippen LogP contribution in [0.4, 0.5) is 10.1 Å². The van der Waals surface area contributed by atoms with Crippen LogP contribution >= 0.6 is 11.6 Å². The second-order valence-corrected chi connectivity index (χ2v) is 4.49. The van der Waals surface area contributed by atoms with Gasteiger partial charge in [0.2, 0.25) is 0 Å². The number of nitrogens with two attached hydrogens (primary N) is 1. The Morgan fingerprint density at radius 2 is 2.21 bits per heavy atom. The number of benzene rings is 1. The Hall–Kier alpha value is -1.75. The third-order valence-corrected chi connectivity index (χ3v) is 3.30. The summed E-state index contributed by atoms with van der Waals surface area (Å²) in [5, 5.41) is 4.80. The van der Waals surface area contributed by atoms with Gasteiger partial charge in [-0.2, -0.15) is 5.10 Å². The first-order valence-electron chi connectivity index (χ1n) is 5.93. The second kappa shape index (κ2) is 5.48. The Morgan fingerprint density at radius 1 is 1.47 bits per heavy atom. The van der Waals surface area contributed by atoms with Crippen molar-refractivity contribution in [3.8, 4) is 5.75 Å². The van der Waals surface area contributed by atoms with Gasteiger partial charge in [0.25, 0.3) is 0 Å². The summed E-state index contributed by atoms with van der Waals surface area (Å²) in [4.78, 5) is 0. The summed E-state index contributed by atoms with van der Waals surface area (Å²) in [5.74, 6) is -0.449. The van der Waals surface area contributed by atoms with E-state index in [0.717, 1.165) is 5.69 Å². The average Bonchev–Trinajstić information content (AvgIpc) is 2.65. The molecule has 0 saturated carbocycles. The van der Waals surface area contributed by atoms with E-state index in [1.807, 2.05) is 13.8 Å². The number of aromatic nitrogens is 2. The van der Waals surface area contributed by atoms with E-state index >= 15 is 0 Å². The molecule has 102 valence electrons. The highest BCUT2D eigenvalue weighted by Gasteiger charge is 2.15. The molecule has 0 fully saturated rings. The van der Waals surface area contributed by atoms with Crippen LogP contribution in [0.1, 0.15) is 18.3 Å². The average molecular weight is 284 g/mol. The number of halogens is 2. The van der Waals surface area contributed by atoms with E-state index in [9.17, 15) is 4.39 Å². The Kier molecular flexibility index (Phi) is 3.95. The molecule has 0 atom stereocenters. The molecule has 0 saturated heterocycles. The molecular formula is C13H15ClFN3O. The number of para-hydroxylation sites is 1. The number of rotatable bonds is 4. The summed E-state index contributed by atoms with van der Waals surface area (Å²) >= 11 is 6.15. The van der Waals surface area contributed by atoms with Gasteiger partial charge in [-0.15, -0.1) is 0 Å². The first-order valence-corrected chi connectivity index (χ1v) is 6.31. The summed E-state index contributed by atoms with van der Waals surface area (Å²) in [6.07, 6.45) is 0. The third kappa shape index (κ3) is 2.66. The predicted molar refractivity (Wildman–Crippen MR) is 72.8 cm³/mol. The first-order chi connectivity index (χ1) is 9.04. The number of hydrogen-bond donors (Lipinski definition) is 1. The monoisotopic (exact) mass is 283 g/mol. The van der Waals surface area contributed by atoms with E-state index in [2.05, 4.69) is 5.10 Å². The van der Waals surface area contributed by atoms with Crippen molar-refractivity contribution in [2.24, 2.45) is 0 Å². The first kappa shape index (κ1) is 13.7. The molecule has 1 aromatic carbocycles.